The maximum atomic E-state index is 5.82. The van der Waals surface area contributed by atoms with Crippen LogP contribution in [0.2, 0.25) is 0 Å². The second-order valence-corrected chi connectivity index (χ2v) is 39.0. The predicted molar refractivity (Wildman–Crippen MR) is 554 cm³/mol. The van der Waals surface area contributed by atoms with E-state index in [0.29, 0.717) is 12.3 Å². The van der Waals surface area contributed by atoms with Crippen molar-refractivity contribution in [1.29, 1.82) is 0 Å². The summed E-state index contributed by atoms with van der Waals surface area (Å²) in [5, 5.41) is 10.0. The summed E-state index contributed by atoms with van der Waals surface area (Å²) >= 11 is 0. The van der Waals surface area contributed by atoms with Crippen LogP contribution in [0.4, 0.5) is 0 Å². The number of aryl methyl sites for hydroxylation is 3. The number of rotatable bonds is 21. The van der Waals surface area contributed by atoms with Gasteiger partial charge in [0.25, 0.3) is 0 Å². The molecule has 0 fully saturated rings. The van der Waals surface area contributed by atoms with Gasteiger partial charge >= 0.3 is 0 Å². The summed E-state index contributed by atoms with van der Waals surface area (Å²) in [5.41, 5.74) is 43.7. The zero-order valence-corrected chi connectivity index (χ0v) is 79.6. The zero-order valence-electron chi connectivity index (χ0n) is 79.6. The minimum Gasteiger partial charge on any atom is -0.493 e. The summed E-state index contributed by atoms with van der Waals surface area (Å²) in [4.78, 5) is 8.88. The normalized spacial score (nSPS) is 11.7. The number of ether oxygens (including phenoxy) is 2. The van der Waals surface area contributed by atoms with Crippen LogP contribution >= 0.6 is 0 Å². The van der Waals surface area contributed by atoms with E-state index in [0.717, 1.165) is 64.7 Å². The Balaban J connectivity index is 0.000000146. The first kappa shape index (κ1) is 93.0. The Bertz CT molecular complexity index is 6520. The van der Waals surface area contributed by atoms with Crippen LogP contribution in [0.1, 0.15) is 159 Å². The molecule has 0 aromatic heterocycles. The Hall–Kier alpha value is -12.7. The average Bonchev–Trinajstić information content (AvgIpc) is 0.748. The SMILES string of the molecule is CCCc1ccccc1-c1ccc2c(-c3ccc(C(C)(C)C)cc3)cccc2c1.CN(C)CCCCc1ccccc1-c1ccc2c(-c3ccc(C(C)(C)C)cc3)cccc2c1.CN(C)Cc1ccccc1-c1ccc2c(-c3ccc(C(C)(C)C)cc3)cccc2c1.COc1c(C)ccc(-c2ccc3c(-c4ccc(C(C)(C)C)cc4)cccc3c2CN=C(N)N)c1OC. The third-order valence-corrected chi connectivity index (χ3v) is 24.8. The van der Waals surface area contributed by atoms with E-state index in [2.05, 4.69) is 448 Å². The highest BCUT2D eigenvalue weighted by molar-refractivity contribution is 6.04. The van der Waals surface area contributed by atoms with Crippen molar-refractivity contribution in [2.75, 3.05) is 49.0 Å². The number of nitrogens with zero attached hydrogens (tertiary/aromatic N) is 3. The van der Waals surface area contributed by atoms with Crippen LogP contribution in [0.3, 0.4) is 0 Å². The molecule has 0 atom stereocenters. The molecule has 654 valence electrons. The van der Waals surface area contributed by atoms with Crippen LogP contribution in [0.5, 0.6) is 11.5 Å². The molecule has 16 aromatic carbocycles. The van der Waals surface area contributed by atoms with Crippen molar-refractivity contribution < 1.29 is 9.47 Å². The van der Waals surface area contributed by atoms with Gasteiger partial charge in [0, 0.05) is 12.1 Å². The fourth-order valence-corrected chi connectivity index (χ4v) is 17.6. The summed E-state index contributed by atoms with van der Waals surface area (Å²) in [6.07, 6.45) is 5.86. The van der Waals surface area contributed by atoms with E-state index in [4.69, 9.17) is 20.9 Å². The molecular weight excluding hydrogens is 1560 g/mol. The van der Waals surface area contributed by atoms with E-state index in [-0.39, 0.29) is 27.6 Å². The average molecular weight is 1690 g/mol. The van der Waals surface area contributed by atoms with Crippen molar-refractivity contribution in [3.05, 3.63) is 372 Å². The number of fused-ring (bicyclic) bond motifs is 4. The molecule has 0 bridgehead atoms. The van der Waals surface area contributed by atoms with E-state index < -0.39 is 0 Å². The van der Waals surface area contributed by atoms with Crippen LogP contribution in [-0.2, 0) is 47.6 Å². The lowest BCUT2D eigenvalue weighted by Crippen LogP contribution is -2.22. The third kappa shape index (κ3) is 22.5. The van der Waals surface area contributed by atoms with Crippen molar-refractivity contribution in [3.8, 4) is 101 Å². The van der Waals surface area contributed by atoms with E-state index in [9.17, 15) is 0 Å². The number of benzene rings is 16. The molecule has 0 unspecified atom stereocenters. The van der Waals surface area contributed by atoms with Gasteiger partial charge in [-0.2, -0.15) is 0 Å². The van der Waals surface area contributed by atoms with Crippen molar-refractivity contribution >= 4 is 49.0 Å². The van der Waals surface area contributed by atoms with Gasteiger partial charge in [-0.05, 0) is 284 Å². The summed E-state index contributed by atoms with van der Waals surface area (Å²) in [7, 11) is 11.9. The summed E-state index contributed by atoms with van der Waals surface area (Å²) < 4.78 is 11.5. The molecule has 0 amide bonds. The Morgan fingerprint density at radius 3 is 1.01 bits per heavy atom. The summed E-state index contributed by atoms with van der Waals surface area (Å²) in [6, 6.07) is 118. The molecule has 7 nitrogen and oxygen atoms in total. The second kappa shape index (κ2) is 41.0. The largest absolute Gasteiger partial charge is 0.493 e. The van der Waals surface area contributed by atoms with E-state index in [1.807, 2.05) is 13.0 Å². The van der Waals surface area contributed by atoms with Gasteiger partial charge in [-0.1, -0.05) is 400 Å². The zero-order chi connectivity index (χ0) is 91.2. The number of hydrogen-bond donors (Lipinski definition) is 2. The molecule has 16 aromatic rings. The first-order valence-corrected chi connectivity index (χ1v) is 45.7. The third-order valence-electron chi connectivity index (χ3n) is 24.8. The molecule has 16 rings (SSSR count). The minimum atomic E-state index is 0.0559. The summed E-state index contributed by atoms with van der Waals surface area (Å²) in [5.74, 6) is 1.47. The van der Waals surface area contributed by atoms with Gasteiger partial charge in [-0.15, -0.1) is 0 Å². The summed E-state index contributed by atoms with van der Waals surface area (Å²) in [6.45, 7) is 33.7. The number of nitrogens with two attached hydrogens (primary N) is 2. The fraction of sp³-hybridized carbons (Fsp3) is 0.264. The van der Waals surface area contributed by atoms with Crippen LogP contribution in [0.25, 0.3) is 132 Å². The predicted octanol–water partition coefficient (Wildman–Crippen LogP) is 30.9. The lowest BCUT2D eigenvalue weighted by molar-refractivity contribution is 0.354. The Kier molecular flexibility index (Phi) is 29.8. The van der Waals surface area contributed by atoms with Gasteiger partial charge in [0.1, 0.15) is 0 Å². The van der Waals surface area contributed by atoms with Crippen molar-refractivity contribution in [2.45, 2.75) is 164 Å². The monoisotopic (exact) mass is 1690 g/mol. The lowest BCUT2D eigenvalue weighted by atomic mass is 9.85. The number of methoxy groups -OCH3 is 2. The molecular formula is C121H133N5O2. The highest BCUT2D eigenvalue weighted by Crippen LogP contribution is 2.46. The molecule has 0 aliphatic rings. The van der Waals surface area contributed by atoms with Crippen LogP contribution in [0, 0.1) is 6.92 Å². The molecule has 0 aliphatic carbocycles. The number of aliphatic imine (C=N–C) groups is 1. The van der Waals surface area contributed by atoms with Gasteiger partial charge in [-0.25, -0.2) is 4.99 Å². The molecule has 0 spiro atoms. The van der Waals surface area contributed by atoms with Gasteiger partial charge in [-0.3, -0.25) is 0 Å². The Morgan fingerprint density at radius 1 is 0.305 bits per heavy atom. The lowest BCUT2D eigenvalue weighted by Gasteiger charge is -2.20. The fourth-order valence-electron chi connectivity index (χ4n) is 17.6. The number of hydrogen-bond acceptors (Lipinski definition) is 5. The molecule has 7 heteroatoms. The maximum absolute atomic E-state index is 5.82. The molecule has 0 saturated heterocycles. The van der Waals surface area contributed by atoms with Gasteiger partial charge < -0.3 is 30.7 Å². The van der Waals surface area contributed by atoms with E-state index >= 15 is 0 Å². The first-order valence-electron chi connectivity index (χ1n) is 45.7. The van der Waals surface area contributed by atoms with Crippen LogP contribution < -0.4 is 20.9 Å². The molecule has 128 heavy (non-hydrogen) atoms. The molecule has 0 saturated carbocycles. The topological polar surface area (TPSA) is 89.3 Å². The van der Waals surface area contributed by atoms with Gasteiger partial charge in [0.05, 0.1) is 20.8 Å². The Labute approximate surface area is 764 Å². The van der Waals surface area contributed by atoms with Gasteiger partial charge in [0.2, 0.25) is 0 Å². The van der Waals surface area contributed by atoms with E-state index in [1.165, 1.54) is 168 Å². The van der Waals surface area contributed by atoms with Crippen molar-refractivity contribution in [3.63, 3.8) is 0 Å². The van der Waals surface area contributed by atoms with E-state index in [1.54, 1.807) is 14.2 Å². The van der Waals surface area contributed by atoms with Crippen molar-refractivity contribution in [1.82, 2.24) is 9.80 Å². The highest BCUT2D eigenvalue weighted by Gasteiger charge is 2.23. The maximum Gasteiger partial charge on any atom is 0.186 e. The van der Waals surface area contributed by atoms with Gasteiger partial charge in [0.15, 0.2) is 17.5 Å². The minimum absolute atomic E-state index is 0.0559. The quantitative estimate of drug-likeness (QED) is 0.0423. The van der Waals surface area contributed by atoms with Crippen LogP contribution in [0.15, 0.2) is 327 Å². The van der Waals surface area contributed by atoms with Crippen LogP contribution in [-0.4, -0.2) is 64.7 Å². The highest BCUT2D eigenvalue weighted by atomic mass is 16.5. The first-order chi connectivity index (χ1) is 61.3. The Morgan fingerprint density at radius 2 is 0.641 bits per heavy atom. The molecule has 0 aliphatic heterocycles. The molecule has 0 radical (unpaired) electrons. The molecule has 4 N–H and O–H groups in total. The standard InChI is InChI=1S/C32H37N.C31H35N3O2.C29H31N.C29H30/c1-32(2,3)28-19-16-25(17-20-28)30-15-10-13-26-23-27(18-21-31(26)30)29-14-7-6-11-24(29)12-8-9-22-33(4)5;1-19-10-15-26(29(36-6)28(19)35-5)25-17-16-24-22(20-11-13-21(14-12-20)31(2,3)4)8-7-9-23(24)27(25)18-34-30(32)33;1-29(2,3)25-16-13-21(14-17-25)27-12-8-10-22-19-23(15-18-28(22)27)26-11-7-6-9-24(26)20-30(4)5;1-5-9-21-10-6-7-12-26(21)24-16-19-28-23(20-24)11-8-13-27(28)22-14-17-25(18-15-22)29(2,3)4/h6-7,10-11,13-21,23H,8-9,12,22H2,1-5H3;7-17H,18H2,1-6H3,(H4,32,33,34);6-19H,20H2,1-5H3;6-8,10-20H,5,9H2,1-4H3. The number of unbranched alkanes of at least 4 members (excludes halogenated alkanes) is 1. The smallest absolute Gasteiger partial charge is 0.186 e. The van der Waals surface area contributed by atoms with Crippen molar-refractivity contribution in [2.24, 2.45) is 16.5 Å². The second-order valence-electron chi connectivity index (χ2n) is 39.0. The number of guanidine groups is 1. The molecule has 0 heterocycles.